The summed E-state index contributed by atoms with van der Waals surface area (Å²) in [5.41, 5.74) is 0. The molecule has 0 amide bonds. The molecular weight excluding hydrogens is 200 g/mol. The highest BCUT2D eigenvalue weighted by molar-refractivity contribution is 8.06. The summed E-state index contributed by atoms with van der Waals surface area (Å²) in [6, 6.07) is 0. The molecule has 3 nitrogen and oxygen atoms in total. The van der Waals surface area contributed by atoms with Crippen LogP contribution in [0, 0.1) is 0 Å². The molecule has 0 saturated carbocycles. The maximum Gasteiger partial charge on any atom is 0.199 e. The summed E-state index contributed by atoms with van der Waals surface area (Å²) in [4.78, 5) is 0. The number of rotatable bonds is 6. The Morgan fingerprint density at radius 1 is 1.43 bits per heavy atom. The molecule has 0 aromatic heterocycles. The Bertz CT molecular complexity index is 192. The predicted molar refractivity (Wildman–Crippen MR) is 56.3 cm³/mol. The summed E-state index contributed by atoms with van der Waals surface area (Å²) in [6.07, 6.45) is 5.68. The lowest BCUT2D eigenvalue weighted by Gasteiger charge is -2.19. The lowest BCUT2D eigenvalue weighted by Crippen LogP contribution is -2.19. The summed E-state index contributed by atoms with van der Waals surface area (Å²) in [6.45, 7) is 2.19. The molecule has 1 saturated heterocycles. The normalized spacial score (nSPS) is 30.0. The monoisotopic (exact) mass is 216 g/mol. The van der Waals surface area contributed by atoms with E-state index >= 15 is 0 Å². The van der Waals surface area contributed by atoms with Crippen LogP contribution in [-0.4, -0.2) is 37.1 Å². The van der Waals surface area contributed by atoms with Gasteiger partial charge in [0.1, 0.15) is 0 Å². The third-order valence-corrected chi connectivity index (χ3v) is 3.07. The van der Waals surface area contributed by atoms with Gasteiger partial charge in [-0.15, -0.1) is 0 Å². The van der Waals surface area contributed by atoms with Crippen molar-refractivity contribution in [2.45, 2.75) is 24.4 Å². The molecule has 0 aromatic carbocycles. The summed E-state index contributed by atoms with van der Waals surface area (Å²) < 4.78 is 16.2. The Morgan fingerprint density at radius 3 is 3.07 bits per heavy atom. The van der Waals surface area contributed by atoms with Gasteiger partial charge < -0.3 is 14.2 Å². The van der Waals surface area contributed by atoms with Gasteiger partial charge in [-0.05, 0) is 12.5 Å². The maximum atomic E-state index is 5.48. The van der Waals surface area contributed by atoms with Crippen molar-refractivity contribution in [2.24, 2.45) is 0 Å². The molecule has 2 aliphatic heterocycles. The smallest absolute Gasteiger partial charge is 0.199 e. The second kappa shape index (κ2) is 5.63. The van der Waals surface area contributed by atoms with Gasteiger partial charge in [0.25, 0.3) is 0 Å². The van der Waals surface area contributed by atoms with E-state index in [-0.39, 0.29) is 6.29 Å². The predicted octanol–water partition coefficient (Wildman–Crippen LogP) is 1.79. The summed E-state index contributed by atoms with van der Waals surface area (Å²) in [7, 11) is 0. The van der Waals surface area contributed by atoms with Crippen LogP contribution in [0.4, 0.5) is 0 Å². The van der Waals surface area contributed by atoms with E-state index in [2.05, 4.69) is 0 Å². The second-order valence-corrected chi connectivity index (χ2v) is 4.75. The van der Waals surface area contributed by atoms with E-state index in [1.54, 1.807) is 6.26 Å². The molecule has 0 bridgehead atoms. The van der Waals surface area contributed by atoms with Crippen LogP contribution in [0.2, 0.25) is 0 Å². The number of hydrogen-bond acceptors (Lipinski definition) is 4. The van der Waals surface area contributed by atoms with Gasteiger partial charge in [-0.3, -0.25) is 0 Å². The molecule has 0 aliphatic carbocycles. The van der Waals surface area contributed by atoms with E-state index in [0.29, 0.717) is 13.2 Å². The minimum absolute atomic E-state index is 0.0566. The Labute approximate surface area is 88.8 Å². The van der Waals surface area contributed by atoms with Gasteiger partial charge in [-0.25, -0.2) is 0 Å². The van der Waals surface area contributed by atoms with Crippen LogP contribution < -0.4 is 0 Å². The molecule has 2 heterocycles. The first-order valence-electron chi connectivity index (χ1n) is 5.06. The van der Waals surface area contributed by atoms with E-state index in [9.17, 15) is 0 Å². The number of ether oxygens (including phenoxy) is 3. The molecule has 2 rings (SSSR count). The Balaban J connectivity index is 1.43. The largest absolute Gasteiger partial charge is 0.473 e. The zero-order valence-corrected chi connectivity index (χ0v) is 9.00. The molecule has 2 unspecified atom stereocenters. The highest BCUT2D eigenvalue weighted by atomic mass is 32.2. The van der Waals surface area contributed by atoms with E-state index in [1.807, 2.05) is 17.8 Å². The molecule has 1 fully saturated rings. The fourth-order valence-corrected chi connectivity index (χ4v) is 1.68. The lowest BCUT2D eigenvalue weighted by atomic mass is 10.3. The van der Waals surface area contributed by atoms with Crippen LogP contribution in [-0.2, 0) is 14.2 Å². The van der Waals surface area contributed by atoms with Gasteiger partial charge in [0.05, 0.1) is 26.1 Å². The molecule has 14 heavy (non-hydrogen) atoms. The number of thioether (sulfide) groups is 1. The molecule has 4 heteroatoms. The topological polar surface area (TPSA) is 27.7 Å². The first kappa shape index (κ1) is 10.3. The van der Waals surface area contributed by atoms with E-state index < -0.39 is 0 Å². The molecule has 0 radical (unpaired) electrons. The van der Waals surface area contributed by atoms with Gasteiger partial charge in [0.15, 0.2) is 6.29 Å². The Hall–Kier alpha value is -0.190. The van der Waals surface area contributed by atoms with Crippen LogP contribution >= 0.6 is 11.8 Å². The third kappa shape index (κ3) is 3.90. The van der Waals surface area contributed by atoms with Crippen molar-refractivity contribution in [3.8, 4) is 0 Å². The molecule has 0 aromatic rings. The highest BCUT2D eigenvalue weighted by Gasteiger charge is 2.22. The summed E-state index contributed by atoms with van der Waals surface area (Å²) in [5, 5.41) is 0.754. The number of hydrogen-bond donors (Lipinski definition) is 0. The first-order chi connectivity index (χ1) is 6.95. The van der Waals surface area contributed by atoms with E-state index in [0.717, 1.165) is 24.7 Å². The number of allylic oxidation sites excluding steroid dienone is 1. The average molecular weight is 216 g/mol. The van der Waals surface area contributed by atoms with Gasteiger partial charge in [-0.2, -0.15) is 11.8 Å². The van der Waals surface area contributed by atoms with Crippen LogP contribution in [0.15, 0.2) is 12.3 Å². The molecule has 0 spiro atoms. The van der Waals surface area contributed by atoms with Gasteiger partial charge in [0, 0.05) is 17.4 Å². The summed E-state index contributed by atoms with van der Waals surface area (Å²) in [5.74, 6) is 1.26. The molecule has 0 N–H and O–H groups in total. The summed E-state index contributed by atoms with van der Waals surface area (Å²) >= 11 is 1.95. The Kier molecular flexibility index (Phi) is 4.16. The van der Waals surface area contributed by atoms with Crippen LogP contribution in [0.3, 0.4) is 0 Å². The highest BCUT2D eigenvalue weighted by Crippen LogP contribution is 2.29. The van der Waals surface area contributed by atoms with Crippen LogP contribution in [0.25, 0.3) is 0 Å². The minimum atomic E-state index is -0.0566. The lowest BCUT2D eigenvalue weighted by molar-refractivity contribution is -0.125. The third-order valence-electron chi connectivity index (χ3n) is 2.13. The van der Waals surface area contributed by atoms with Crippen molar-refractivity contribution < 1.29 is 14.2 Å². The quantitative estimate of drug-likeness (QED) is 0.500. The van der Waals surface area contributed by atoms with Crippen molar-refractivity contribution in [3.05, 3.63) is 12.3 Å². The average Bonchev–Trinajstić information content (AvgIpc) is 3.03. The van der Waals surface area contributed by atoms with Crippen molar-refractivity contribution in [1.82, 2.24) is 0 Å². The molecular formula is C10H16O3S. The zero-order valence-electron chi connectivity index (χ0n) is 8.19. The fourth-order valence-electron chi connectivity index (χ4n) is 1.25. The van der Waals surface area contributed by atoms with Crippen LogP contribution in [0.5, 0.6) is 0 Å². The zero-order chi connectivity index (χ0) is 9.64. The van der Waals surface area contributed by atoms with Crippen LogP contribution in [0.1, 0.15) is 12.8 Å². The minimum Gasteiger partial charge on any atom is -0.473 e. The van der Waals surface area contributed by atoms with Crippen molar-refractivity contribution in [2.75, 3.05) is 25.6 Å². The van der Waals surface area contributed by atoms with Crippen molar-refractivity contribution in [3.63, 3.8) is 0 Å². The standard InChI is InChI=1S/C10H16O3S/c1-2-4-12-10(3-1)13-6-5-11-7-9-8-14-9/h2,4,9-10H,1,3,5-8H2. The van der Waals surface area contributed by atoms with Gasteiger partial charge in [-0.1, -0.05) is 0 Å². The molecule has 80 valence electrons. The van der Waals surface area contributed by atoms with E-state index in [4.69, 9.17) is 14.2 Å². The first-order valence-corrected chi connectivity index (χ1v) is 6.11. The fraction of sp³-hybridized carbons (Fsp3) is 0.800. The molecule has 2 aliphatic rings. The van der Waals surface area contributed by atoms with Crippen molar-refractivity contribution in [1.29, 1.82) is 0 Å². The van der Waals surface area contributed by atoms with Gasteiger partial charge >= 0.3 is 0 Å². The second-order valence-electron chi connectivity index (χ2n) is 3.42. The van der Waals surface area contributed by atoms with Gasteiger partial charge in [0.2, 0.25) is 0 Å². The maximum absolute atomic E-state index is 5.48. The molecule has 2 atom stereocenters. The van der Waals surface area contributed by atoms with E-state index in [1.165, 1.54) is 5.75 Å². The van der Waals surface area contributed by atoms with Crippen molar-refractivity contribution >= 4 is 11.8 Å². The Morgan fingerprint density at radius 2 is 2.36 bits per heavy atom. The SMILES string of the molecule is C1=COC(OCCOCC2CS2)CC1.